The van der Waals surface area contributed by atoms with Gasteiger partial charge in [0.15, 0.2) is 0 Å². The van der Waals surface area contributed by atoms with Gasteiger partial charge in [0.25, 0.3) is 0 Å². The molecule has 2 N–H and O–H groups in total. The van der Waals surface area contributed by atoms with Gasteiger partial charge in [0.1, 0.15) is 5.82 Å². The molecule has 0 saturated heterocycles. The van der Waals surface area contributed by atoms with Crippen LogP contribution in [0.5, 0.6) is 0 Å². The van der Waals surface area contributed by atoms with E-state index in [1.807, 2.05) is 37.3 Å². The minimum absolute atomic E-state index is 0.104. The summed E-state index contributed by atoms with van der Waals surface area (Å²) in [6.07, 6.45) is 2.94. The van der Waals surface area contributed by atoms with E-state index in [1.165, 1.54) is 18.3 Å². The molecule has 21 heavy (non-hydrogen) atoms. The molecule has 108 valence electrons. The Hall–Kier alpha value is -2.62. The van der Waals surface area contributed by atoms with E-state index in [9.17, 15) is 9.18 Å². The van der Waals surface area contributed by atoms with Crippen molar-refractivity contribution in [2.75, 3.05) is 0 Å². The highest BCUT2D eigenvalue weighted by molar-refractivity contribution is 5.76. The van der Waals surface area contributed by atoms with Crippen LogP contribution in [0.3, 0.4) is 0 Å². The minimum atomic E-state index is -0.334. The maximum Gasteiger partial charge on any atom is 0.319 e. The molecule has 2 amide bonds. The lowest BCUT2D eigenvalue weighted by atomic mass is 10.1. The van der Waals surface area contributed by atoms with Crippen LogP contribution in [-0.2, 0) is 0 Å². The van der Waals surface area contributed by atoms with Gasteiger partial charge >= 0.3 is 6.03 Å². The van der Waals surface area contributed by atoms with Crippen LogP contribution >= 0.6 is 0 Å². The number of benzene rings is 2. The Labute approximate surface area is 123 Å². The van der Waals surface area contributed by atoms with Gasteiger partial charge in [-0.05, 0) is 24.6 Å². The van der Waals surface area contributed by atoms with Crippen LogP contribution in [-0.4, -0.2) is 6.03 Å². The molecule has 2 rings (SSSR count). The largest absolute Gasteiger partial charge is 0.331 e. The van der Waals surface area contributed by atoms with Gasteiger partial charge in [-0.1, -0.05) is 48.5 Å². The van der Waals surface area contributed by atoms with E-state index in [2.05, 4.69) is 10.6 Å². The molecule has 4 heteroatoms. The van der Waals surface area contributed by atoms with Crippen molar-refractivity contribution in [1.82, 2.24) is 10.6 Å². The number of amides is 2. The monoisotopic (exact) mass is 284 g/mol. The van der Waals surface area contributed by atoms with Gasteiger partial charge in [-0.3, -0.25) is 0 Å². The van der Waals surface area contributed by atoms with Crippen LogP contribution < -0.4 is 10.6 Å². The number of rotatable bonds is 4. The molecule has 0 aromatic heterocycles. The number of hydrogen-bond acceptors (Lipinski definition) is 1. The van der Waals surface area contributed by atoms with Gasteiger partial charge in [0.05, 0.1) is 6.04 Å². The van der Waals surface area contributed by atoms with Crippen molar-refractivity contribution in [3.05, 3.63) is 77.7 Å². The van der Waals surface area contributed by atoms with Crippen LogP contribution in [0.2, 0.25) is 0 Å². The molecule has 1 unspecified atom stereocenters. The minimum Gasteiger partial charge on any atom is -0.331 e. The lowest BCUT2D eigenvalue weighted by Crippen LogP contribution is -2.34. The SMILES string of the molecule is CC(NC(=O)N/C=C/c1ccccc1F)c1ccccc1. The fraction of sp³-hybridized carbons (Fsp3) is 0.118. The van der Waals surface area contributed by atoms with Crippen LogP contribution in [0.4, 0.5) is 9.18 Å². The highest BCUT2D eigenvalue weighted by Crippen LogP contribution is 2.10. The van der Waals surface area contributed by atoms with E-state index >= 15 is 0 Å². The summed E-state index contributed by atoms with van der Waals surface area (Å²) in [5.74, 6) is -0.325. The first-order valence-corrected chi connectivity index (χ1v) is 6.70. The van der Waals surface area contributed by atoms with E-state index in [-0.39, 0.29) is 17.9 Å². The molecule has 0 heterocycles. The smallest absolute Gasteiger partial charge is 0.319 e. The second-order valence-corrected chi connectivity index (χ2v) is 4.61. The lowest BCUT2D eigenvalue weighted by molar-refractivity contribution is 0.241. The van der Waals surface area contributed by atoms with Crippen LogP contribution in [0.15, 0.2) is 60.8 Å². The second kappa shape index (κ2) is 7.24. The molecule has 0 aliphatic heterocycles. The first kappa shape index (κ1) is 14.8. The van der Waals surface area contributed by atoms with Crippen molar-refractivity contribution in [2.24, 2.45) is 0 Å². The summed E-state index contributed by atoms with van der Waals surface area (Å²) in [5.41, 5.74) is 1.44. The molecule has 0 aliphatic carbocycles. The number of hydrogen-bond donors (Lipinski definition) is 2. The van der Waals surface area contributed by atoms with Gasteiger partial charge in [-0.25, -0.2) is 9.18 Å². The molecule has 0 spiro atoms. The van der Waals surface area contributed by atoms with Gasteiger partial charge in [0.2, 0.25) is 0 Å². The number of halogens is 1. The molecule has 0 radical (unpaired) electrons. The van der Waals surface area contributed by atoms with E-state index < -0.39 is 0 Å². The third-order valence-corrected chi connectivity index (χ3v) is 3.03. The Kier molecular flexibility index (Phi) is 5.10. The molecule has 3 nitrogen and oxygen atoms in total. The van der Waals surface area contributed by atoms with E-state index in [0.717, 1.165) is 5.56 Å². The van der Waals surface area contributed by atoms with Crippen molar-refractivity contribution in [2.45, 2.75) is 13.0 Å². The Morgan fingerprint density at radius 1 is 1.10 bits per heavy atom. The van der Waals surface area contributed by atoms with Crippen LogP contribution in [0, 0.1) is 5.82 Å². The molecule has 2 aromatic rings. The van der Waals surface area contributed by atoms with E-state index in [4.69, 9.17) is 0 Å². The van der Waals surface area contributed by atoms with Gasteiger partial charge in [-0.15, -0.1) is 0 Å². The predicted octanol–water partition coefficient (Wildman–Crippen LogP) is 3.86. The lowest BCUT2D eigenvalue weighted by Gasteiger charge is -2.13. The van der Waals surface area contributed by atoms with Gasteiger partial charge < -0.3 is 10.6 Å². The number of carbonyl (C=O) groups is 1. The van der Waals surface area contributed by atoms with E-state index in [1.54, 1.807) is 18.2 Å². The van der Waals surface area contributed by atoms with Crippen molar-refractivity contribution >= 4 is 12.1 Å². The highest BCUT2D eigenvalue weighted by Gasteiger charge is 2.07. The molecule has 1 atom stereocenters. The fourth-order valence-corrected chi connectivity index (χ4v) is 1.88. The molecule has 0 fully saturated rings. The van der Waals surface area contributed by atoms with Crippen molar-refractivity contribution in [3.8, 4) is 0 Å². The molecular formula is C17H17FN2O. The van der Waals surface area contributed by atoms with Gasteiger partial charge in [0, 0.05) is 11.8 Å². The van der Waals surface area contributed by atoms with Crippen molar-refractivity contribution in [1.29, 1.82) is 0 Å². The molecule has 0 bridgehead atoms. The summed E-state index contributed by atoms with van der Waals surface area (Å²) in [5, 5.41) is 5.36. The maximum atomic E-state index is 13.4. The zero-order valence-electron chi connectivity index (χ0n) is 11.7. The molecular weight excluding hydrogens is 267 g/mol. The molecule has 2 aromatic carbocycles. The third-order valence-electron chi connectivity index (χ3n) is 3.03. The zero-order chi connectivity index (χ0) is 15.1. The number of carbonyl (C=O) groups excluding carboxylic acids is 1. The molecule has 0 saturated carbocycles. The second-order valence-electron chi connectivity index (χ2n) is 4.61. The van der Waals surface area contributed by atoms with Crippen LogP contribution in [0.25, 0.3) is 6.08 Å². The topological polar surface area (TPSA) is 41.1 Å². The zero-order valence-corrected chi connectivity index (χ0v) is 11.7. The average molecular weight is 284 g/mol. The number of nitrogens with one attached hydrogen (secondary N) is 2. The van der Waals surface area contributed by atoms with Crippen molar-refractivity contribution < 1.29 is 9.18 Å². The fourth-order valence-electron chi connectivity index (χ4n) is 1.88. The Morgan fingerprint density at radius 3 is 2.48 bits per heavy atom. The Morgan fingerprint density at radius 2 is 1.76 bits per heavy atom. The molecule has 0 aliphatic rings. The Bertz CT molecular complexity index is 626. The Balaban J connectivity index is 1.87. The van der Waals surface area contributed by atoms with E-state index in [0.29, 0.717) is 5.56 Å². The average Bonchev–Trinajstić information content (AvgIpc) is 2.50. The summed E-state index contributed by atoms with van der Waals surface area (Å²) in [6.45, 7) is 1.90. The summed E-state index contributed by atoms with van der Waals surface area (Å²) >= 11 is 0. The van der Waals surface area contributed by atoms with Crippen molar-refractivity contribution in [3.63, 3.8) is 0 Å². The first-order valence-electron chi connectivity index (χ1n) is 6.70. The standard InChI is InChI=1S/C17H17FN2O/c1-13(14-7-3-2-4-8-14)20-17(21)19-12-11-15-9-5-6-10-16(15)18/h2-13H,1H3,(H2,19,20,21)/b12-11+. The predicted molar refractivity (Wildman–Crippen MR) is 82.0 cm³/mol. The summed E-state index contributed by atoms with van der Waals surface area (Å²) in [6, 6.07) is 15.6. The third kappa shape index (κ3) is 4.45. The summed E-state index contributed by atoms with van der Waals surface area (Å²) < 4.78 is 13.4. The van der Waals surface area contributed by atoms with Gasteiger partial charge in [-0.2, -0.15) is 0 Å². The van der Waals surface area contributed by atoms with Crippen LogP contribution in [0.1, 0.15) is 24.1 Å². The normalized spacial score (nSPS) is 12.1. The summed E-state index contributed by atoms with van der Waals surface area (Å²) in [4.78, 5) is 11.7. The quantitative estimate of drug-likeness (QED) is 0.879. The highest BCUT2D eigenvalue weighted by atomic mass is 19.1. The maximum absolute atomic E-state index is 13.4. The summed E-state index contributed by atoms with van der Waals surface area (Å²) in [7, 11) is 0. The number of urea groups is 1. The first-order chi connectivity index (χ1) is 10.2.